The van der Waals surface area contributed by atoms with E-state index in [1.165, 1.54) is 5.19 Å². The Labute approximate surface area is 127 Å². The number of rotatable bonds is 4. The normalized spacial score (nSPS) is 14.6. The number of alkyl halides is 1. The molecule has 108 valence electrons. The van der Waals surface area contributed by atoms with Crippen LogP contribution in [0, 0.1) is 0 Å². The minimum atomic E-state index is -1.72. The molecular formula is C15H29ClSi3. The second-order valence-corrected chi connectivity index (χ2v) is 26.2. The first-order chi connectivity index (χ1) is 8.36. The molecule has 0 unspecified atom stereocenters. The van der Waals surface area contributed by atoms with Gasteiger partial charge in [-0.25, -0.2) is 0 Å². The van der Waals surface area contributed by atoms with E-state index in [0.717, 1.165) is 0 Å². The lowest BCUT2D eigenvalue weighted by atomic mass is 10.4. The van der Waals surface area contributed by atoms with Gasteiger partial charge in [0.25, 0.3) is 0 Å². The summed E-state index contributed by atoms with van der Waals surface area (Å²) >= 11 is 7.50. The summed E-state index contributed by atoms with van der Waals surface area (Å²) in [5.74, 6) is 0. The van der Waals surface area contributed by atoms with Crippen LogP contribution in [-0.2, 0) is 0 Å². The maximum atomic E-state index is 7.50. The molecule has 0 fully saturated rings. The number of hydrogen-bond donors (Lipinski definition) is 0. The van der Waals surface area contributed by atoms with E-state index in [9.17, 15) is 0 Å². The molecule has 0 nitrogen and oxygen atoms in total. The van der Waals surface area contributed by atoms with Crippen LogP contribution in [0.1, 0.15) is 0 Å². The fraction of sp³-hybridized carbons (Fsp3) is 0.600. The zero-order valence-corrected chi connectivity index (χ0v) is 17.5. The van der Waals surface area contributed by atoms with Crippen LogP contribution in [0.3, 0.4) is 0 Å². The molecule has 0 aliphatic heterocycles. The summed E-state index contributed by atoms with van der Waals surface area (Å²) in [7, 11) is -4.67. The maximum absolute atomic E-state index is 7.50. The zero-order valence-electron chi connectivity index (χ0n) is 13.8. The van der Waals surface area contributed by atoms with Gasteiger partial charge in [0.1, 0.15) is 0 Å². The van der Waals surface area contributed by atoms with Crippen LogP contribution >= 0.6 is 11.6 Å². The van der Waals surface area contributed by atoms with Crippen molar-refractivity contribution in [3.05, 3.63) is 30.3 Å². The van der Waals surface area contributed by atoms with Gasteiger partial charge in [-0.05, 0) is 0 Å². The summed E-state index contributed by atoms with van der Waals surface area (Å²) in [5, 5.41) is 1.51. The molecule has 0 radical (unpaired) electrons. The molecule has 0 saturated heterocycles. The van der Waals surface area contributed by atoms with Gasteiger partial charge >= 0.3 is 0 Å². The largest absolute Gasteiger partial charge is 0.129 e. The predicted molar refractivity (Wildman–Crippen MR) is 98.8 cm³/mol. The van der Waals surface area contributed by atoms with E-state index in [-0.39, 0.29) is 3.74 Å². The Hall–Kier alpha value is 0.161. The van der Waals surface area contributed by atoms with E-state index in [0.29, 0.717) is 0 Å². The van der Waals surface area contributed by atoms with Gasteiger partial charge in [0.05, 0.1) is 24.2 Å². The van der Waals surface area contributed by atoms with Crippen molar-refractivity contribution in [3.63, 3.8) is 0 Å². The average molecular weight is 329 g/mol. The van der Waals surface area contributed by atoms with E-state index in [2.05, 4.69) is 82.7 Å². The van der Waals surface area contributed by atoms with Gasteiger partial charge in [-0.3, -0.25) is 0 Å². The summed E-state index contributed by atoms with van der Waals surface area (Å²) in [6, 6.07) is 11.0. The van der Waals surface area contributed by atoms with Crippen molar-refractivity contribution in [2.24, 2.45) is 0 Å². The maximum Gasteiger partial charge on any atom is 0.0968 e. The van der Waals surface area contributed by atoms with Gasteiger partial charge in [-0.15, -0.1) is 11.6 Å². The van der Waals surface area contributed by atoms with Gasteiger partial charge in [0, 0.05) is 3.74 Å². The molecule has 4 heteroatoms. The Balaban J connectivity index is 3.51. The molecule has 1 rings (SSSR count). The molecule has 0 aliphatic carbocycles. The van der Waals surface area contributed by atoms with Crippen LogP contribution in [-0.4, -0.2) is 28.0 Å². The third-order valence-electron chi connectivity index (χ3n) is 4.42. The number of halogens is 1. The van der Waals surface area contributed by atoms with Gasteiger partial charge in [0.2, 0.25) is 0 Å². The molecule has 0 amide bonds. The van der Waals surface area contributed by atoms with E-state index in [4.69, 9.17) is 11.6 Å². The highest BCUT2D eigenvalue weighted by Gasteiger charge is 2.61. The quantitative estimate of drug-likeness (QED) is 0.546. The molecule has 0 atom stereocenters. The lowest BCUT2D eigenvalue weighted by molar-refractivity contribution is 1.28. The van der Waals surface area contributed by atoms with Gasteiger partial charge < -0.3 is 0 Å². The zero-order chi connectivity index (χ0) is 15.1. The van der Waals surface area contributed by atoms with Crippen LogP contribution in [0.15, 0.2) is 30.3 Å². The standard InChI is InChI=1S/C15H29ClSi3/c1-17(2,3)15(16,18(4,5)6)19(7,8)14-12-10-9-11-13-14/h9-13H,1-8H3. The van der Waals surface area contributed by atoms with E-state index >= 15 is 0 Å². The molecule has 19 heavy (non-hydrogen) atoms. The molecule has 0 N–H and O–H groups in total. The summed E-state index contributed by atoms with van der Waals surface area (Å²) < 4.78 is 0.0638. The first-order valence-electron chi connectivity index (χ1n) is 7.10. The van der Waals surface area contributed by atoms with Crippen LogP contribution in [0.2, 0.25) is 52.4 Å². The highest BCUT2D eigenvalue weighted by atomic mass is 35.5. The van der Waals surface area contributed by atoms with Crippen molar-refractivity contribution in [1.29, 1.82) is 0 Å². The third kappa shape index (κ3) is 2.80. The van der Waals surface area contributed by atoms with Crippen molar-refractivity contribution in [3.8, 4) is 0 Å². The monoisotopic (exact) mass is 328 g/mol. The first-order valence-corrected chi connectivity index (χ1v) is 17.5. The summed E-state index contributed by atoms with van der Waals surface area (Å²) in [4.78, 5) is 0. The minimum absolute atomic E-state index is 0.0638. The molecule has 1 aromatic carbocycles. The van der Waals surface area contributed by atoms with E-state index < -0.39 is 24.2 Å². The second kappa shape index (κ2) is 5.17. The second-order valence-electron chi connectivity index (χ2n) is 8.15. The van der Waals surface area contributed by atoms with Gasteiger partial charge in [-0.1, -0.05) is 87.9 Å². The van der Waals surface area contributed by atoms with Crippen molar-refractivity contribution >= 4 is 41.0 Å². The summed E-state index contributed by atoms with van der Waals surface area (Å²) in [6.07, 6.45) is 0. The Morgan fingerprint density at radius 1 is 0.737 bits per heavy atom. The Bertz CT molecular complexity index is 413. The molecule has 1 aromatic rings. The summed E-state index contributed by atoms with van der Waals surface area (Å²) in [6.45, 7) is 19.7. The molecular weight excluding hydrogens is 300 g/mol. The highest BCUT2D eigenvalue weighted by molar-refractivity contribution is 7.26. The molecule has 0 bridgehead atoms. The predicted octanol–water partition coefficient (Wildman–Crippen LogP) is 4.87. The van der Waals surface area contributed by atoms with Crippen LogP contribution in [0.25, 0.3) is 0 Å². The fourth-order valence-electron chi connectivity index (χ4n) is 4.05. The van der Waals surface area contributed by atoms with Crippen LogP contribution in [0.4, 0.5) is 0 Å². The highest BCUT2D eigenvalue weighted by Crippen LogP contribution is 2.44. The van der Waals surface area contributed by atoms with Crippen molar-refractivity contribution in [2.75, 3.05) is 0 Å². The smallest absolute Gasteiger partial charge is 0.0968 e. The van der Waals surface area contributed by atoms with Crippen molar-refractivity contribution in [2.45, 2.75) is 56.1 Å². The van der Waals surface area contributed by atoms with E-state index in [1.807, 2.05) is 0 Å². The lowest BCUT2D eigenvalue weighted by Gasteiger charge is -2.55. The Morgan fingerprint density at radius 3 is 1.42 bits per heavy atom. The van der Waals surface area contributed by atoms with Crippen LogP contribution in [0.5, 0.6) is 0 Å². The van der Waals surface area contributed by atoms with Gasteiger partial charge in [0.15, 0.2) is 0 Å². The van der Waals surface area contributed by atoms with Gasteiger partial charge in [-0.2, -0.15) is 0 Å². The number of benzene rings is 1. The minimum Gasteiger partial charge on any atom is -0.129 e. The fourth-order valence-corrected chi connectivity index (χ4v) is 30.7. The molecule has 0 aromatic heterocycles. The molecule has 0 aliphatic rings. The first kappa shape index (κ1) is 17.2. The van der Waals surface area contributed by atoms with Crippen LogP contribution < -0.4 is 5.19 Å². The topological polar surface area (TPSA) is 0 Å². The van der Waals surface area contributed by atoms with E-state index in [1.54, 1.807) is 0 Å². The average Bonchev–Trinajstić information content (AvgIpc) is 2.26. The SMILES string of the molecule is C[Si](C)(C)C(Cl)([Si](C)(C)C)[Si](C)(C)c1ccccc1. The molecule has 0 heterocycles. The lowest BCUT2D eigenvalue weighted by Crippen LogP contribution is -2.78. The number of hydrogen-bond acceptors (Lipinski definition) is 0. The van der Waals surface area contributed by atoms with Crippen molar-refractivity contribution in [1.82, 2.24) is 0 Å². The molecule has 0 spiro atoms. The van der Waals surface area contributed by atoms with Crippen molar-refractivity contribution < 1.29 is 0 Å². The third-order valence-corrected chi connectivity index (χ3v) is 29.6. The Morgan fingerprint density at radius 2 is 1.11 bits per heavy atom. The summed E-state index contributed by atoms with van der Waals surface area (Å²) in [5.41, 5.74) is 0. The Kier molecular flexibility index (Phi) is 4.68. The molecule has 0 saturated carbocycles.